The van der Waals surface area contributed by atoms with Crippen LogP contribution >= 0.6 is 0 Å². The van der Waals surface area contributed by atoms with Gasteiger partial charge in [0.25, 0.3) is 0 Å². The van der Waals surface area contributed by atoms with Gasteiger partial charge in [-0.15, -0.1) is 0 Å². The van der Waals surface area contributed by atoms with Crippen LogP contribution in [0, 0.1) is 0 Å². The quantitative estimate of drug-likeness (QED) is 0.188. The van der Waals surface area contributed by atoms with Crippen molar-refractivity contribution < 1.29 is 9.47 Å². The van der Waals surface area contributed by atoms with Crippen LogP contribution in [0.5, 0.6) is 11.5 Å². The van der Waals surface area contributed by atoms with Crippen molar-refractivity contribution >= 4 is 28.4 Å². The molecule has 2 saturated heterocycles. The molecule has 1 aromatic heterocycles. The number of nitrogens with one attached hydrogen (secondary N) is 1. The van der Waals surface area contributed by atoms with Gasteiger partial charge in [-0.3, -0.25) is 4.90 Å². The number of para-hydroxylation sites is 1. The van der Waals surface area contributed by atoms with Crippen LogP contribution in [0.2, 0.25) is 0 Å². The lowest BCUT2D eigenvalue weighted by Gasteiger charge is -2.36. The number of ether oxygens (including phenoxy) is 2. The lowest BCUT2D eigenvalue weighted by Crippen LogP contribution is -2.47. The summed E-state index contributed by atoms with van der Waals surface area (Å²) in [5, 5.41) is 4.79. The van der Waals surface area contributed by atoms with Crippen LogP contribution in [0.1, 0.15) is 24.0 Å². The number of methoxy groups -OCH3 is 1. The van der Waals surface area contributed by atoms with Crippen molar-refractivity contribution in [1.82, 2.24) is 14.9 Å². The van der Waals surface area contributed by atoms with Gasteiger partial charge in [-0.25, -0.2) is 4.98 Å². The second kappa shape index (κ2) is 14.1. The van der Waals surface area contributed by atoms with Gasteiger partial charge in [-0.1, -0.05) is 78.9 Å². The first kappa shape index (κ1) is 29.9. The number of aromatic nitrogens is 2. The fraction of sp³-hybridized carbons (Fsp3) is 0.316. The minimum Gasteiger partial charge on any atom is -0.493 e. The summed E-state index contributed by atoms with van der Waals surface area (Å²) in [5.41, 5.74) is 4.58. The molecular weight excluding hydrogens is 572 g/mol. The Hall–Kier alpha value is -4.82. The summed E-state index contributed by atoms with van der Waals surface area (Å²) in [6, 6.07) is 35.9. The van der Waals surface area contributed by atoms with E-state index < -0.39 is 0 Å². The molecule has 0 radical (unpaired) electrons. The zero-order chi connectivity index (χ0) is 31.1. The molecule has 5 aromatic rings. The highest BCUT2D eigenvalue weighted by Crippen LogP contribution is 2.36. The molecule has 236 valence electrons. The minimum absolute atomic E-state index is 0.327. The van der Waals surface area contributed by atoms with Gasteiger partial charge in [0.1, 0.15) is 12.4 Å². The van der Waals surface area contributed by atoms with Crippen LogP contribution in [0.25, 0.3) is 10.9 Å². The van der Waals surface area contributed by atoms with E-state index in [0.29, 0.717) is 24.1 Å². The highest BCUT2D eigenvalue weighted by atomic mass is 16.5. The molecule has 2 aliphatic rings. The molecule has 4 aromatic carbocycles. The van der Waals surface area contributed by atoms with Crippen molar-refractivity contribution in [1.29, 1.82) is 0 Å². The zero-order valence-electron chi connectivity index (χ0n) is 26.5. The molecule has 0 bridgehead atoms. The Kier molecular flexibility index (Phi) is 9.14. The summed E-state index contributed by atoms with van der Waals surface area (Å²) in [4.78, 5) is 17.6. The lowest BCUT2D eigenvalue weighted by atomic mass is 10.0. The summed E-state index contributed by atoms with van der Waals surface area (Å²) < 4.78 is 12.1. The molecule has 7 rings (SSSR count). The van der Waals surface area contributed by atoms with E-state index in [-0.39, 0.29) is 0 Å². The van der Waals surface area contributed by atoms with Gasteiger partial charge in [0.15, 0.2) is 11.5 Å². The maximum absolute atomic E-state index is 6.29. The van der Waals surface area contributed by atoms with Crippen molar-refractivity contribution in [2.45, 2.75) is 32.0 Å². The third-order valence-corrected chi connectivity index (χ3v) is 9.07. The van der Waals surface area contributed by atoms with Crippen LogP contribution in [-0.2, 0) is 13.2 Å². The maximum atomic E-state index is 6.29. The molecule has 0 atom stereocenters. The molecule has 8 heteroatoms. The predicted molar refractivity (Wildman–Crippen MR) is 186 cm³/mol. The second-order valence-corrected chi connectivity index (χ2v) is 12.2. The molecule has 0 unspecified atom stereocenters. The number of nitrogens with zero attached hydrogens (tertiary/aromatic N) is 5. The number of anilines is 3. The highest BCUT2D eigenvalue weighted by molar-refractivity contribution is 5.93. The first-order chi connectivity index (χ1) is 22.7. The lowest BCUT2D eigenvalue weighted by molar-refractivity contribution is 0.211. The van der Waals surface area contributed by atoms with Gasteiger partial charge in [0.2, 0.25) is 5.95 Å². The average Bonchev–Trinajstić information content (AvgIpc) is 3.12. The van der Waals surface area contributed by atoms with Crippen LogP contribution in [0.4, 0.5) is 17.5 Å². The van der Waals surface area contributed by atoms with Crippen LogP contribution < -0.4 is 24.6 Å². The summed E-state index contributed by atoms with van der Waals surface area (Å²) in [6.45, 7) is 7.08. The number of likely N-dealkylation sites (tertiary alicyclic amines) is 1. The molecule has 0 amide bonds. The number of benzene rings is 4. The molecule has 0 saturated carbocycles. The van der Waals surface area contributed by atoms with E-state index in [0.717, 1.165) is 86.9 Å². The van der Waals surface area contributed by atoms with Gasteiger partial charge >= 0.3 is 0 Å². The van der Waals surface area contributed by atoms with E-state index in [1.54, 1.807) is 7.11 Å². The third-order valence-electron chi connectivity index (χ3n) is 9.07. The number of piperazine rings is 1. The largest absolute Gasteiger partial charge is 0.493 e. The summed E-state index contributed by atoms with van der Waals surface area (Å²) in [5.74, 6) is 2.97. The standard InChI is InChI=1S/C38H42N6O2/c1-45-35-25-33-34(26-36(35)46-28-30-13-7-3-8-14-30)40-38(44-23-21-43(22-24-44)32-15-9-4-10-16-32)41-37(33)39-31-17-19-42(20-18-31)27-29-11-5-2-6-12-29/h2-16,25-26,31H,17-24,27-28H2,1H3,(H,39,40,41). The first-order valence-electron chi connectivity index (χ1n) is 16.4. The number of piperidine rings is 1. The van der Waals surface area contributed by atoms with Gasteiger partial charge in [0, 0.05) is 69.0 Å². The van der Waals surface area contributed by atoms with Gasteiger partial charge in [-0.2, -0.15) is 4.98 Å². The fourth-order valence-corrected chi connectivity index (χ4v) is 6.46. The second-order valence-electron chi connectivity index (χ2n) is 12.2. The molecule has 0 aliphatic carbocycles. The maximum Gasteiger partial charge on any atom is 0.228 e. The molecule has 2 aliphatic heterocycles. The first-order valence-corrected chi connectivity index (χ1v) is 16.4. The normalized spacial score (nSPS) is 16.0. The van der Waals surface area contributed by atoms with E-state index in [4.69, 9.17) is 19.4 Å². The Morgan fingerprint density at radius 2 is 1.33 bits per heavy atom. The van der Waals surface area contributed by atoms with E-state index in [9.17, 15) is 0 Å². The van der Waals surface area contributed by atoms with E-state index in [1.807, 2.05) is 30.3 Å². The number of hydrogen-bond acceptors (Lipinski definition) is 8. The van der Waals surface area contributed by atoms with Crippen molar-refractivity contribution in [2.75, 3.05) is 61.5 Å². The van der Waals surface area contributed by atoms with Crippen molar-refractivity contribution in [3.8, 4) is 11.5 Å². The number of fused-ring (bicyclic) bond motifs is 1. The Morgan fingerprint density at radius 1 is 0.696 bits per heavy atom. The smallest absolute Gasteiger partial charge is 0.228 e. The Labute approximate surface area is 271 Å². The number of rotatable bonds is 10. The molecular formula is C38H42N6O2. The highest BCUT2D eigenvalue weighted by Gasteiger charge is 2.24. The molecule has 2 fully saturated rings. The van der Waals surface area contributed by atoms with E-state index in [1.165, 1.54) is 11.3 Å². The van der Waals surface area contributed by atoms with Gasteiger partial charge in [0.05, 0.1) is 12.6 Å². The summed E-state index contributed by atoms with van der Waals surface area (Å²) >= 11 is 0. The van der Waals surface area contributed by atoms with Crippen molar-refractivity contribution in [2.24, 2.45) is 0 Å². The molecule has 46 heavy (non-hydrogen) atoms. The van der Waals surface area contributed by atoms with Gasteiger partial charge in [-0.05, 0) is 42.2 Å². The van der Waals surface area contributed by atoms with Crippen LogP contribution in [0.15, 0.2) is 103 Å². The summed E-state index contributed by atoms with van der Waals surface area (Å²) in [7, 11) is 1.69. The van der Waals surface area contributed by atoms with Crippen molar-refractivity contribution in [3.05, 3.63) is 114 Å². The number of hydrogen-bond donors (Lipinski definition) is 1. The summed E-state index contributed by atoms with van der Waals surface area (Å²) in [6.07, 6.45) is 2.11. The molecule has 3 heterocycles. The SMILES string of the molecule is COc1cc2c(NC3CCN(Cc4ccccc4)CC3)nc(N3CCN(c4ccccc4)CC3)nc2cc1OCc1ccccc1. The molecule has 1 N–H and O–H groups in total. The topological polar surface area (TPSA) is 66.0 Å². The van der Waals surface area contributed by atoms with Gasteiger partial charge < -0.3 is 24.6 Å². The van der Waals surface area contributed by atoms with Crippen LogP contribution in [-0.4, -0.2) is 67.3 Å². The zero-order valence-corrected chi connectivity index (χ0v) is 26.5. The fourth-order valence-electron chi connectivity index (χ4n) is 6.46. The van der Waals surface area contributed by atoms with E-state index in [2.05, 4.69) is 92.8 Å². The third kappa shape index (κ3) is 7.02. The molecule has 8 nitrogen and oxygen atoms in total. The molecule has 0 spiro atoms. The monoisotopic (exact) mass is 614 g/mol. The van der Waals surface area contributed by atoms with Crippen molar-refractivity contribution in [3.63, 3.8) is 0 Å². The minimum atomic E-state index is 0.327. The Balaban J connectivity index is 1.13. The average molecular weight is 615 g/mol. The Morgan fingerprint density at radius 3 is 2.00 bits per heavy atom. The van der Waals surface area contributed by atoms with E-state index >= 15 is 0 Å². The predicted octanol–water partition coefficient (Wildman–Crippen LogP) is 6.62. The van der Waals surface area contributed by atoms with Crippen LogP contribution in [0.3, 0.4) is 0 Å². The Bertz CT molecular complexity index is 1700.